The molecule has 2 aromatic rings. The average molecular weight is 292 g/mol. The van der Waals surface area contributed by atoms with Crippen LogP contribution in [0.3, 0.4) is 0 Å². The average Bonchev–Trinajstić information content (AvgIpc) is 2.72. The summed E-state index contributed by atoms with van der Waals surface area (Å²) < 4.78 is 37.6. The van der Waals surface area contributed by atoms with Crippen LogP contribution in [-0.4, -0.2) is 15.0 Å². The Morgan fingerprint density at radius 1 is 1.17 bits per heavy atom. The molecule has 18 heavy (non-hydrogen) atoms. The Balaban J connectivity index is 1.98. The molecule has 0 saturated heterocycles. The highest BCUT2D eigenvalue weighted by Crippen LogP contribution is 2.29. The summed E-state index contributed by atoms with van der Waals surface area (Å²) >= 11 is 2.75. The second-order valence-electron chi connectivity index (χ2n) is 3.22. The molecule has 0 atom stereocenters. The number of hydrogen-bond donors (Lipinski definition) is 1. The molecule has 0 aliphatic carbocycles. The zero-order valence-corrected chi connectivity index (χ0v) is 10.4. The number of nitrogen functional groups attached to an aromatic ring is 1. The van der Waals surface area contributed by atoms with Crippen molar-refractivity contribution in [3.63, 3.8) is 0 Å². The van der Waals surface area contributed by atoms with E-state index < -0.39 is 12.0 Å². The van der Waals surface area contributed by atoms with Gasteiger partial charge in [-0.25, -0.2) is 15.0 Å². The smallest absolute Gasteiger partial charge is 0.375 e. The standard InChI is InChI=1S/C9H7F3N4S2/c10-9(11,12)7-14-1-5(2-15-7)4-17-6-3-16-8(13)18-6/h1-3H,4H2,(H2,13,16). The first-order valence-electron chi connectivity index (χ1n) is 4.67. The van der Waals surface area contributed by atoms with Crippen molar-refractivity contribution in [3.05, 3.63) is 30.0 Å². The molecule has 0 aliphatic heterocycles. The molecule has 0 fully saturated rings. The summed E-state index contributed by atoms with van der Waals surface area (Å²) in [5, 5.41) is 0.459. The fraction of sp³-hybridized carbons (Fsp3) is 0.222. The number of nitrogens with two attached hydrogens (primary N) is 1. The maximum atomic E-state index is 12.2. The van der Waals surface area contributed by atoms with Crippen molar-refractivity contribution in [1.82, 2.24) is 15.0 Å². The Bertz CT molecular complexity index is 523. The van der Waals surface area contributed by atoms with Crippen LogP contribution in [0.25, 0.3) is 0 Å². The molecule has 0 amide bonds. The Labute approximate surface area is 108 Å². The normalized spacial score (nSPS) is 11.7. The van der Waals surface area contributed by atoms with Gasteiger partial charge in [-0.15, -0.1) is 11.8 Å². The highest BCUT2D eigenvalue weighted by Gasteiger charge is 2.34. The van der Waals surface area contributed by atoms with E-state index in [9.17, 15) is 13.2 Å². The SMILES string of the molecule is Nc1ncc(SCc2cnc(C(F)(F)F)nc2)s1. The van der Waals surface area contributed by atoms with Crippen molar-refractivity contribution in [1.29, 1.82) is 0 Å². The van der Waals surface area contributed by atoms with Gasteiger partial charge in [0.1, 0.15) is 0 Å². The molecular weight excluding hydrogens is 285 g/mol. The summed E-state index contributed by atoms with van der Waals surface area (Å²) in [6.07, 6.45) is -0.534. The number of hydrogen-bond acceptors (Lipinski definition) is 6. The summed E-state index contributed by atoms with van der Waals surface area (Å²) in [5.74, 6) is -0.655. The highest BCUT2D eigenvalue weighted by atomic mass is 32.2. The summed E-state index contributed by atoms with van der Waals surface area (Å²) in [6, 6.07) is 0. The predicted molar refractivity (Wildman–Crippen MR) is 63.1 cm³/mol. The molecule has 0 unspecified atom stereocenters. The fourth-order valence-electron chi connectivity index (χ4n) is 1.07. The summed E-state index contributed by atoms with van der Waals surface area (Å²) in [4.78, 5) is 10.4. The minimum Gasteiger partial charge on any atom is -0.375 e. The van der Waals surface area contributed by atoms with E-state index in [2.05, 4.69) is 15.0 Å². The van der Waals surface area contributed by atoms with E-state index in [1.807, 2.05) is 0 Å². The van der Waals surface area contributed by atoms with Gasteiger partial charge in [0.15, 0.2) is 5.13 Å². The number of anilines is 1. The van der Waals surface area contributed by atoms with Crippen LogP contribution in [0.2, 0.25) is 0 Å². The Hall–Kier alpha value is -1.35. The van der Waals surface area contributed by atoms with Gasteiger partial charge in [0, 0.05) is 18.1 Å². The van der Waals surface area contributed by atoms with Crippen molar-refractivity contribution < 1.29 is 13.2 Å². The van der Waals surface area contributed by atoms with E-state index in [0.29, 0.717) is 16.4 Å². The molecule has 2 N–H and O–H groups in total. The van der Waals surface area contributed by atoms with Crippen LogP contribution in [0.5, 0.6) is 0 Å². The van der Waals surface area contributed by atoms with Crippen molar-refractivity contribution in [2.45, 2.75) is 16.1 Å². The fourth-order valence-corrected chi connectivity index (χ4v) is 2.74. The van der Waals surface area contributed by atoms with Gasteiger partial charge < -0.3 is 5.73 Å². The Kier molecular flexibility index (Phi) is 3.71. The third-order valence-electron chi connectivity index (χ3n) is 1.84. The number of nitrogens with zero attached hydrogens (tertiary/aromatic N) is 3. The largest absolute Gasteiger partial charge is 0.451 e. The van der Waals surface area contributed by atoms with Crippen LogP contribution in [0.4, 0.5) is 18.3 Å². The van der Waals surface area contributed by atoms with Gasteiger partial charge in [0.05, 0.1) is 10.4 Å². The lowest BCUT2D eigenvalue weighted by atomic mass is 10.4. The lowest BCUT2D eigenvalue weighted by Crippen LogP contribution is -2.10. The first kappa shape index (κ1) is 13.1. The molecule has 0 aromatic carbocycles. The number of halogens is 3. The zero-order chi connectivity index (χ0) is 13.2. The molecule has 4 nitrogen and oxygen atoms in total. The number of alkyl halides is 3. The molecule has 0 aliphatic rings. The minimum absolute atomic E-state index is 0.459. The number of thioether (sulfide) groups is 1. The summed E-state index contributed by atoms with van der Waals surface area (Å²) in [6.45, 7) is 0. The topological polar surface area (TPSA) is 64.7 Å². The maximum Gasteiger partial charge on any atom is 0.451 e. The quantitative estimate of drug-likeness (QED) is 0.881. The van der Waals surface area contributed by atoms with E-state index in [1.165, 1.54) is 35.5 Å². The minimum atomic E-state index is -4.50. The molecular formula is C9H7F3N4S2. The van der Waals surface area contributed by atoms with Crippen LogP contribution < -0.4 is 5.73 Å². The van der Waals surface area contributed by atoms with Gasteiger partial charge in [-0.2, -0.15) is 13.2 Å². The van der Waals surface area contributed by atoms with Crippen molar-refractivity contribution >= 4 is 28.2 Å². The molecule has 2 rings (SSSR count). The van der Waals surface area contributed by atoms with E-state index in [1.54, 1.807) is 6.20 Å². The lowest BCUT2D eigenvalue weighted by Gasteiger charge is -2.04. The van der Waals surface area contributed by atoms with Crippen molar-refractivity contribution in [3.8, 4) is 0 Å². The van der Waals surface area contributed by atoms with Gasteiger partial charge in [-0.05, 0) is 5.56 Å². The van der Waals surface area contributed by atoms with Crippen LogP contribution in [-0.2, 0) is 11.9 Å². The zero-order valence-electron chi connectivity index (χ0n) is 8.81. The van der Waals surface area contributed by atoms with E-state index in [0.717, 1.165) is 4.21 Å². The van der Waals surface area contributed by atoms with E-state index >= 15 is 0 Å². The molecule has 0 bridgehead atoms. The van der Waals surface area contributed by atoms with Gasteiger partial charge in [0.2, 0.25) is 5.82 Å². The highest BCUT2D eigenvalue weighted by molar-refractivity contribution is 8.00. The molecule has 0 spiro atoms. The van der Waals surface area contributed by atoms with Gasteiger partial charge in [-0.3, -0.25) is 0 Å². The predicted octanol–water partition coefficient (Wildman–Crippen LogP) is 2.83. The molecule has 2 heterocycles. The first-order valence-corrected chi connectivity index (χ1v) is 6.47. The Morgan fingerprint density at radius 3 is 2.33 bits per heavy atom. The van der Waals surface area contributed by atoms with Crippen LogP contribution in [0.1, 0.15) is 11.4 Å². The molecule has 0 saturated carbocycles. The van der Waals surface area contributed by atoms with Crippen LogP contribution in [0.15, 0.2) is 22.8 Å². The van der Waals surface area contributed by atoms with Crippen LogP contribution in [0, 0.1) is 0 Å². The monoisotopic (exact) mass is 292 g/mol. The summed E-state index contributed by atoms with van der Waals surface area (Å²) in [5.41, 5.74) is 6.07. The lowest BCUT2D eigenvalue weighted by molar-refractivity contribution is -0.145. The number of rotatable bonds is 3. The number of aromatic nitrogens is 3. The maximum absolute atomic E-state index is 12.2. The first-order chi connectivity index (χ1) is 8.45. The molecule has 9 heteroatoms. The van der Waals surface area contributed by atoms with E-state index in [4.69, 9.17) is 5.73 Å². The molecule has 2 aromatic heterocycles. The van der Waals surface area contributed by atoms with Crippen molar-refractivity contribution in [2.24, 2.45) is 0 Å². The van der Waals surface area contributed by atoms with E-state index in [-0.39, 0.29) is 0 Å². The van der Waals surface area contributed by atoms with Gasteiger partial charge >= 0.3 is 6.18 Å². The molecule has 0 radical (unpaired) electrons. The second kappa shape index (κ2) is 5.11. The molecule has 96 valence electrons. The van der Waals surface area contributed by atoms with Crippen LogP contribution >= 0.6 is 23.1 Å². The third kappa shape index (κ3) is 3.33. The van der Waals surface area contributed by atoms with Gasteiger partial charge in [0.25, 0.3) is 0 Å². The van der Waals surface area contributed by atoms with Gasteiger partial charge in [-0.1, -0.05) is 11.3 Å². The number of thiazole rings is 1. The van der Waals surface area contributed by atoms with Crippen molar-refractivity contribution in [2.75, 3.05) is 5.73 Å². The Morgan fingerprint density at radius 2 is 1.83 bits per heavy atom. The summed E-state index contributed by atoms with van der Waals surface area (Å²) in [7, 11) is 0. The third-order valence-corrected chi connectivity index (χ3v) is 3.93. The second-order valence-corrected chi connectivity index (χ2v) is 5.56.